The minimum Gasteiger partial charge on any atom is -0.0853 e. The van der Waals surface area contributed by atoms with Crippen LogP contribution < -0.4 is 0 Å². The van der Waals surface area contributed by atoms with Crippen molar-refractivity contribution < 1.29 is 0 Å². The van der Waals surface area contributed by atoms with Gasteiger partial charge in [-0.2, -0.15) is 0 Å². The number of allylic oxidation sites excluding steroid dienone is 6. The lowest BCUT2D eigenvalue weighted by Crippen LogP contribution is -2.30. The van der Waals surface area contributed by atoms with Gasteiger partial charge in [0.2, 0.25) is 0 Å². The summed E-state index contributed by atoms with van der Waals surface area (Å²) in [7, 11) is 0. The Balaban J connectivity index is 2.32. The molecule has 0 saturated heterocycles. The highest BCUT2D eigenvalue weighted by atomic mass is 14.4. The monoisotopic (exact) mass is 272 g/mol. The van der Waals surface area contributed by atoms with Crippen LogP contribution in [0.15, 0.2) is 34.4 Å². The number of hydrogen-bond donors (Lipinski definition) is 0. The lowest BCUT2D eigenvalue weighted by molar-refractivity contribution is 0.223. The summed E-state index contributed by atoms with van der Waals surface area (Å²) >= 11 is 0. The van der Waals surface area contributed by atoms with Gasteiger partial charge in [0.15, 0.2) is 0 Å². The minimum absolute atomic E-state index is 0.387. The van der Waals surface area contributed by atoms with Gasteiger partial charge in [0.1, 0.15) is 0 Å². The molecule has 0 aromatic heterocycles. The molecule has 2 bridgehead atoms. The molecule has 0 aromatic carbocycles. The van der Waals surface area contributed by atoms with Crippen LogP contribution in [-0.4, -0.2) is 0 Å². The summed E-state index contributed by atoms with van der Waals surface area (Å²) in [6.45, 7) is 12.0. The molecule has 0 aliphatic heterocycles. The maximum absolute atomic E-state index is 2.52. The molecule has 2 aliphatic rings. The predicted molar refractivity (Wildman–Crippen MR) is 89.8 cm³/mol. The molecule has 0 fully saturated rings. The minimum atomic E-state index is 0.387. The number of hydrogen-bond acceptors (Lipinski definition) is 0. The first kappa shape index (κ1) is 15.6. The van der Waals surface area contributed by atoms with Gasteiger partial charge in [0.25, 0.3) is 0 Å². The zero-order valence-electron chi connectivity index (χ0n) is 14.2. The summed E-state index contributed by atoms with van der Waals surface area (Å²) in [5.41, 5.74) is 6.98. The topological polar surface area (TPSA) is 0 Å². The second-order valence-corrected chi connectivity index (χ2v) is 7.59. The third kappa shape index (κ3) is 3.45. The summed E-state index contributed by atoms with van der Waals surface area (Å²) in [4.78, 5) is 0. The second-order valence-electron chi connectivity index (χ2n) is 7.59. The first-order valence-electron chi connectivity index (χ1n) is 8.41. The van der Waals surface area contributed by atoms with E-state index in [0.29, 0.717) is 5.41 Å². The van der Waals surface area contributed by atoms with E-state index in [2.05, 4.69) is 46.8 Å². The summed E-state index contributed by atoms with van der Waals surface area (Å²) < 4.78 is 0. The van der Waals surface area contributed by atoms with E-state index < -0.39 is 0 Å². The van der Waals surface area contributed by atoms with Crippen LogP contribution in [0, 0.1) is 11.3 Å². The second kappa shape index (κ2) is 6.33. The molecule has 0 spiro atoms. The molecule has 20 heavy (non-hydrogen) atoms. The average molecular weight is 272 g/mol. The van der Waals surface area contributed by atoms with Crippen molar-refractivity contribution in [2.24, 2.45) is 11.3 Å². The SMILES string of the molecule is CC1=CCC2CCC(C)=C(CC/C(C)=C/CC1)C2(C)C. The third-order valence-electron chi connectivity index (χ3n) is 5.73. The molecule has 0 N–H and O–H groups in total. The van der Waals surface area contributed by atoms with E-state index in [9.17, 15) is 0 Å². The van der Waals surface area contributed by atoms with Crippen LogP contribution in [0.1, 0.15) is 79.6 Å². The van der Waals surface area contributed by atoms with Gasteiger partial charge in [-0.05, 0) is 77.0 Å². The van der Waals surface area contributed by atoms with Crippen molar-refractivity contribution in [3.63, 3.8) is 0 Å². The lowest BCUT2D eigenvalue weighted by Gasteiger charge is -2.42. The Morgan fingerprint density at radius 1 is 0.900 bits per heavy atom. The average Bonchev–Trinajstić information content (AvgIpc) is 2.36. The third-order valence-corrected chi connectivity index (χ3v) is 5.73. The van der Waals surface area contributed by atoms with Crippen molar-refractivity contribution >= 4 is 0 Å². The van der Waals surface area contributed by atoms with E-state index in [1.807, 2.05) is 0 Å². The quantitative estimate of drug-likeness (QED) is 0.436. The smallest absolute Gasteiger partial charge is 0.0111 e. The van der Waals surface area contributed by atoms with Crippen molar-refractivity contribution in [3.05, 3.63) is 34.4 Å². The Hall–Kier alpha value is -0.780. The molecule has 0 aromatic rings. The summed E-state index contributed by atoms with van der Waals surface area (Å²) in [5.74, 6) is 0.833. The van der Waals surface area contributed by atoms with Crippen LogP contribution in [0.3, 0.4) is 0 Å². The Bertz CT molecular complexity index is 443. The van der Waals surface area contributed by atoms with Crippen LogP contribution >= 0.6 is 0 Å². The first-order valence-corrected chi connectivity index (χ1v) is 8.41. The molecule has 0 radical (unpaired) electrons. The molecule has 1 unspecified atom stereocenters. The van der Waals surface area contributed by atoms with Gasteiger partial charge in [-0.15, -0.1) is 0 Å². The van der Waals surface area contributed by atoms with E-state index in [0.717, 1.165) is 5.92 Å². The van der Waals surface area contributed by atoms with Gasteiger partial charge < -0.3 is 0 Å². The molecule has 0 nitrogen and oxygen atoms in total. The highest BCUT2D eigenvalue weighted by molar-refractivity contribution is 5.26. The summed E-state index contributed by atoms with van der Waals surface area (Å²) in [5, 5.41) is 0. The molecule has 0 saturated carbocycles. The molecule has 2 rings (SSSR count). The maximum atomic E-state index is 2.52. The zero-order chi connectivity index (χ0) is 14.8. The van der Waals surface area contributed by atoms with Crippen LogP contribution in [-0.2, 0) is 0 Å². The maximum Gasteiger partial charge on any atom is -0.0111 e. The Morgan fingerprint density at radius 3 is 2.35 bits per heavy atom. The first-order chi connectivity index (χ1) is 9.41. The summed E-state index contributed by atoms with van der Waals surface area (Å²) in [6.07, 6.45) is 14.0. The van der Waals surface area contributed by atoms with Gasteiger partial charge in [-0.25, -0.2) is 0 Å². The van der Waals surface area contributed by atoms with Crippen LogP contribution in [0.2, 0.25) is 0 Å². The van der Waals surface area contributed by atoms with Crippen molar-refractivity contribution in [2.75, 3.05) is 0 Å². The van der Waals surface area contributed by atoms with Crippen molar-refractivity contribution in [1.29, 1.82) is 0 Å². The normalized spacial score (nSPS) is 30.8. The lowest BCUT2D eigenvalue weighted by atomic mass is 9.63. The zero-order valence-corrected chi connectivity index (χ0v) is 14.2. The fourth-order valence-corrected chi connectivity index (χ4v) is 4.06. The standard InChI is InChI=1S/C20H32/c1-15-7-6-8-16(2)10-14-19-17(3)11-13-18(12-9-15)20(19,4)5/h8-9,18H,6-7,10-14H2,1-5H3/b15-9?,16-8+. The molecule has 112 valence electrons. The predicted octanol–water partition coefficient (Wildman–Crippen LogP) is 6.60. The molecule has 0 amide bonds. The van der Waals surface area contributed by atoms with Crippen molar-refractivity contribution in [1.82, 2.24) is 0 Å². The van der Waals surface area contributed by atoms with Crippen LogP contribution in [0.5, 0.6) is 0 Å². The number of fused-ring (bicyclic) bond motifs is 2. The van der Waals surface area contributed by atoms with E-state index in [-0.39, 0.29) is 0 Å². The van der Waals surface area contributed by atoms with Crippen molar-refractivity contribution in [2.45, 2.75) is 79.6 Å². The fraction of sp³-hybridized carbons (Fsp3) is 0.700. The largest absolute Gasteiger partial charge is 0.0853 e. The van der Waals surface area contributed by atoms with E-state index in [1.165, 1.54) is 44.9 Å². The van der Waals surface area contributed by atoms with Crippen LogP contribution in [0.25, 0.3) is 0 Å². The highest BCUT2D eigenvalue weighted by Crippen LogP contribution is 2.48. The highest BCUT2D eigenvalue weighted by Gasteiger charge is 2.36. The molecular formula is C20H32. The van der Waals surface area contributed by atoms with E-state index in [1.54, 1.807) is 22.3 Å². The molecular weight excluding hydrogens is 240 g/mol. The van der Waals surface area contributed by atoms with Gasteiger partial charge in [0.05, 0.1) is 0 Å². The van der Waals surface area contributed by atoms with Crippen LogP contribution in [0.4, 0.5) is 0 Å². The Morgan fingerprint density at radius 2 is 1.60 bits per heavy atom. The van der Waals surface area contributed by atoms with Gasteiger partial charge in [0, 0.05) is 0 Å². The van der Waals surface area contributed by atoms with E-state index in [4.69, 9.17) is 0 Å². The van der Waals surface area contributed by atoms with Crippen molar-refractivity contribution in [3.8, 4) is 0 Å². The van der Waals surface area contributed by atoms with Gasteiger partial charge >= 0.3 is 0 Å². The molecule has 2 aliphatic carbocycles. The Kier molecular flexibility index (Phi) is 4.94. The number of rotatable bonds is 0. The fourth-order valence-electron chi connectivity index (χ4n) is 4.06. The Labute approximate surface area is 126 Å². The van der Waals surface area contributed by atoms with E-state index >= 15 is 0 Å². The van der Waals surface area contributed by atoms with Gasteiger partial charge in [-0.1, -0.05) is 48.3 Å². The molecule has 0 heteroatoms. The summed E-state index contributed by atoms with van der Waals surface area (Å²) in [6, 6.07) is 0. The van der Waals surface area contributed by atoms with Gasteiger partial charge in [-0.3, -0.25) is 0 Å². The molecule has 0 heterocycles. The molecule has 1 atom stereocenters.